The maximum absolute atomic E-state index is 4.68. The molecule has 5 heteroatoms. The first-order valence-electron chi connectivity index (χ1n) is 6.90. The van der Waals surface area contributed by atoms with Crippen LogP contribution in [0.15, 0.2) is 4.99 Å². The number of nitrogens with zero attached hydrogens (tertiary/aromatic N) is 4. The maximum atomic E-state index is 4.68. The van der Waals surface area contributed by atoms with Crippen molar-refractivity contribution < 1.29 is 0 Å². The SMILES string of the molecule is CN(C)[PH](N(C)C)(N(C)C=NC(C)(C)C)C(C)(C)C. The molecule has 116 valence electrons. The third-order valence-electron chi connectivity index (χ3n) is 3.36. The van der Waals surface area contributed by atoms with E-state index in [1.54, 1.807) is 0 Å². The Hall–Kier alpha value is -0.180. The van der Waals surface area contributed by atoms with Gasteiger partial charge in [-0.25, -0.2) is 0 Å². The molecule has 0 saturated carbocycles. The molecule has 19 heavy (non-hydrogen) atoms. The first kappa shape index (κ1) is 18.8. The molecule has 0 N–H and O–H groups in total. The van der Waals surface area contributed by atoms with Crippen molar-refractivity contribution in [2.24, 2.45) is 4.99 Å². The minimum absolute atomic E-state index is 0.0368. The van der Waals surface area contributed by atoms with E-state index < -0.39 is 7.71 Å². The standard InChI is InChI=1S/C14H35N4P/c1-13(2,3)15-12-18(11)19(16(7)8,17(9)10)14(4,5)6/h12,19H,1-11H3. The predicted molar refractivity (Wildman–Crippen MR) is 91.5 cm³/mol. The molecular weight excluding hydrogens is 255 g/mol. The number of hydrogen-bond acceptors (Lipinski definition) is 3. The summed E-state index contributed by atoms with van der Waals surface area (Å²) in [6.45, 7) is 13.3. The van der Waals surface area contributed by atoms with E-state index in [0.717, 1.165) is 0 Å². The molecule has 0 bridgehead atoms. The summed E-state index contributed by atoms with van der Waals surface area (Å²) in [6, 6.07) is 0. The molecule has 0 atom stereocenters. The zero-order valence-electron chi connectivity index (χ0n) is 14.9. The summed E-state index contributed by atoms with van der Waals surface area (Å²) in [6.07, 6.45) is 2.03. The molecule has 0 aromatic carbocycles. The van der Waals surface area contributed by atoms with Crippen LogP contribution in [0, 0.1) is 0 Å². The normalized spacial score (nSPS) is 15.6. The Bertz CT molecular complexity index is 302. The van der Waals surface area contributed by atoms with Gasteiger partial charge >= 0.3 is 121 Å². The van der Waals surface area contributed by atoms with Crippen molar-refractivity contribution in [3.63, 3.8) is 0 Å². The van der Waals surface area contributed by atoms with Crippen molar-refractivity contribution in [3.05, 3.63) is 0 Å². The Kier molecular flexibility index (Phi) is 6.01. The molecule has 0 rings (SSSR count). The van der Waals surface area contributed by atoms with Gasteiger partial charge < -0.3 is 0 Å². The van der Waals surface area contributed by atoms with Crippen molar-refractivity contribution in [1.82, 2.24) is 14.0 Å². The van der Waals surface area contributed by atoms with Crippen LogP contribution in [0.3, 0.4) is 0 Å². The molecule has 0 radical (unpaired) electrons. The van der Waals surface area contributed by atoms with E-state index in [9.17, 15) is 0 Å². The van der Waals surface area contributed by atoms with Crippen LogP contribution in [0.4, 0.5) is 0 Å². The molecule has 0 amide bonds. The first-order valence-corrected chi connectivity index (χ1v) is 8.74. The van der Waals surface area contributed by atoms with Crippen LogP contribution in [0.25, 0.3) is 0 Å². The number of rotatable bonds is 4. The zero-order chi connectivity index (χ0) is 15.6. The summed E-state index contributed by atoms with van der Waals surface area (Å²) >= 11 is 0. The van der Waals surface area contributed by atoms with Crippen LogP contribution in [0.2, 0.25) is 0 Å². The van der Waals surface area contributed by atoms with Crippen LogP contribution in [0.1, 0.15) is 41.5 Å². The average molecular weight is 290 g/mol. The second-order valence-corrected chi connectivity index (χ2v) is 13.0. The van der Waals surface area contributed by atoms with Crippen LogP contribution >= 0.6 is 7.71 Å². The van der Waals surface area contributed by atoms with Crippen LogP contribution in [0.5, 0.6) is 0 Å². The molecule has 0 aromatic heterocycles. The molecule has 0 aliphatic rings. The minimum atomic E-state index is -2.00. The van der Waals surface area contributed by atoms with Gasteiger partial charge in [0.05, 0.1) is 0 Å². The fourth-order valence-electron chi connectivity index (χ4n) is 3.24. The van der Waals surface area contributed by atoms with Gasteiger partial charge in [-0.05, 0) is 0 Å². The Morgan fingerprint density at radius 3 is 1.37 bits per heavy atom. The van der Waals surface area contributed by atoms with Crippen molar-refractivity contribution in [2.45, 2.75) is 52.2 Å². The monoisotopic (exact) mass is 290 g/mol. The van der Waals surface area contributed by atoms with Gasteiger partial charge in [-0.2, -0.15) is 0 Å². The molecule has 0 aromatic rings. The van der Waals surface area contributed by atoms with Gasteiger partial charge in [0.1, 0.15) is 0 Å². The van der Waals surface area contributed by atoms with E-state index in [-0.39, 0.29) is 10.7 Å². The van der Waals surface area contributed by atoms with E-state index in [1.165, 1.54) is 0 Å². The van der Waals surface area contributed by atoms with E-state index in [4.69, 9.17) is 0 Å². The quantitative estimate of drug-likeness (QED) is 0.451. The van der Waals surface area contributed by atoms with Gasteiger partial charge in [0, 0.05) is 0 Å². The molecule has 0 heterocycles. The summed E-state index contributed by atoms with van der Waals surface area (Å²) in [5.41, 5.74) is -0.0368. The van der Waals surface area contributed by atoms with Gasteiger partial charge in [-0.15, -0.1) is 0 Å². The van der Waals surface area contributed by atoms with Crippen molar-refractivity contribution in [3.8, 4) is 0 Å². The third-order valence-corrected chi connectivity index (χ3v) is 8.97. The summed E-state index contributed by atoms with van der Waals surface area (Å²) in [5.74, 6) is 0. The topological polar surface area (TPSA) is 22.1 Å². The third kappa shape index (κ3) is 4.14. The second kappa shape index (κ2) is 6.07. The van der Waals surface area contributed by atoms with Crippen molar-refractivity contribution in [1.29, 1.82) is 0 Å². The molecule has 0 unspecified atom stereocenters. The first-order chi connectivity index (χ1) is 8.26. The Morgan fingerprint density at radius 2 is 1.16 bits per heavy atom. The Morgan fingerprint density at radius 1 is 0.789 bits per heavy atom. The van der Waals surface area contributed by atoms with Gasteiger partial charge in [0.15, 0.2) is 0 Å². The fraction of sp³-hybridized carbons (Fsp3) is 0.929. The van der Waals surface area contributed by atoms with Gasteiger partial charge in [0.25, 0.3) is 0 Å². The second-order valence-electron chi connectivity index (χ2n) is 7.70. The van der Waals surface area contributed by atoms with Crippen molar-refractivity contribution >= 4 is 14.1 Å². The fourth-order valence-corrected chi connectivity index (χ4v) is 9.26. The molecule has 0 fully saturated rings. The van der Waals surface area contributed by atoms with Gasteiger partial charge in [-0.3, -0.25) is 0 Å². The van der Waals surface area contributed by atoms with Crippen LogP contribution < -0.4 is 0 Å². The van der Waals surface area contributed by atoms with E-state index in [2.05, 4.69) is 95.8 Å². The summed E-state index contributed by atoms with van der Waals surface area (Å²) in [7, 11) is 8.87. The van der Waals surface area contributed by atoms with E-state index in [0.29, 0.717) is 0 Å². The molecule has 0 saturated heterocycles. The number of aliphatic imine (C=N–C) groups is 1. The predicted octanol–water partition coefficient (Wildman–Crippen LogP) is 3.16. The van der Waals surface area contributed by atoms with Crippen LogP contribution in [-0.2, 0) is 0 Å². The molecule has 0 aliphatic heterocycles. The zero-order valence-corrected chi connectivity index (χ0v) is 15.9. The van der Waals surface area contributed by atoms with E-state index in [1.807, 2.05) is 6.34 Å². The molecule has 4 nitrogen and oxygen atoms in total. The summed E-state index contributed by atoms with van der Waals surface area (Å²) in [5, 5.41) is 0.179. The summed E-state index contributed by atoms with van der Waals surface area (Å²) < 4.78 is 7.13. The van der Waals surface area contributed by atoms with Crippen LogP contribution in [-0.4, -0.2) is 66.3 Å². The van der Waals surface area contributed by atoms with Gasteiger partial charge in [-0.1, -0.05) is 0 Å². The Balaban J connectivity index is 5.68. The van der Waals surface area contributed by atoms with Gasteiger partial charge in [0.2, 0.25) is 0 Å². The van der Waals surface area contributed by atoms with Crippen molar-refractivity contribution in [2.75, 3.05) is 35.2 Å². The Labute approximate surface area is 121 Å². The number of hydrogen-bond donors (Lipinski definition) is 0. The molecular formula is C14H35N4P. The summed E-state index contributed by atoms with van der Waals surface area (Å²) in [4.78, 5) is 4.68. The average Bonchev–Trinajstić information content (AvgIpc) is 2.10. The molecule has 0 spiro atoms. The van der Waals surface area contributed by atoms with E-state index >= 15 is 0 Å². The molecule has 0 aliphatic carbocycles.